The summed E-state index contributed by atoms with van der Waals surface area (Å²) in [5, 5.41) is 12.7. The second-order valence-corrected chi connectivity index (χ2v) is 7.51. The van der Waals surface area contributed by atoms with Crippen LogP contribution in [-0.2, 0) is 20.6 Å². The molecule has 2 aromatic carbocycles. The largest absolute Gasteiger partial charge is 0.478 e. The van der Waals surface area contributed by atoms with Crippen molar-refractivity contribution < 1.29 is 32.7 Å². The molecule has 0 aromatic heterocycles. The van der Waals surface area contributed by atoms with Gasteiger partial charge in [-0.2, -0.15) is 13.2 Å². The highest BCUT2D eigenvalue weighted by atomic mass is 32.2. The van der Waals surface area contributed by atoms with Gasteiger partial charge < -0.3 is 15.7 Å². The van der Waals surface area contributed by atoms with Crippen LogP contribution >= 0.6 is 11.8 Å². The van der Waals surface area contributed by atoms with Gasteiger partial charge in [0, 0.05) is 22.7 Å². The molecule has 2 amide bonds. The lowest BCUT2D eigenvalue weighted by molar-refractivity contribution is -0.137. The Labute approximate surface area is 180 Å². The summed E-state index contributed by atoms with van der Waals surface area (Å²) in [5.41, 5.74) is -0.865. The summed E-state index contributed by atoms with van der Waals surface area (Å²) in [7, 11) is 0. The number of carbonyl (C=O) groups excluding carboxylic acids is 2. The van der Waals surface area contributed by atoms with Gasteiger partial charge in [0.15, 0.2) is 0 Å². The number of benzene rings is 2. The van der Waals surface area contributed by atoms with Gasteiger partial charge in [0.05, 0.1) is 16.5 Å². The number of alkyl halides is 3. The summed E-state index contributed by atoms with van der Waals surface area (Å²) < 4.78 is 39.4. The zero-order valence-corrected chi connectivity index (χ0v) is 17.1. The summed E-state index contributed by atoms with van der Waals surface area (Å²) in [6.45, 7) is 1.73. The maximum absolute atomic E-state index is 13.1. The number of hydrogen-bond donors (Lipinski definition) is 3. The fourth-order valence-corrected chi connectivity index (χ4v) is 3.53. The molecule has 0 aliphatic rings. The van der Waals surface area contributed by atoms with Crippen molar-refractivity contribution in [3.63, 3.8) is 0 Å². The molecule has 31 heavy (non-hydrogen) atoms. The quantitative estimate of drug-likeness (QED) is 0.395. The fourth-order valence-electron chi connectivity index (χ4n) is 2.52. The maximum atomic E-state index is 13.1. The van der Waals surface area contributed by atoms with Gasteiger partial charge in [0.25, 0.3) is 0 Å². The molecule has 0 saturated carbocycles. The van der Waals surface area contributed by atoms with E-state index in [1.54, 1.807) is 31.2 Å². The Morgan fingerprint density at radius 1 is 1.06 bits per heavy atom. The van der Waals surface area contributed by atoms with Crippen molar-refractivity contribution in [2.45, 2.75) is 29.7 Å². The van der Waals surface area contributed by atoms with Gasteiger partial charge in [-0.3, -0.25) is 9.59 Å². The SMILES string of the molecule is CCC(Sc1cccc(NC(=O)/C=C/C(=O)O)c1)C(=O)Nc1ccccc1C(F)(F)F. The summed E-state index contributed by atoms with van der Waals surface area (Å²) in [6, 6.07) is 11.2. The smallest absolute Gasteiger partial charge is 0.418 e. The lowest BCUT2D eigenvalue weighted by Crippen LogP contribution is -2.26. The van der Waals surface area contributed by atoms with E-state index in [1.165, 1.54) is 18.2 Å². The predicted octanol–water partition coefficient (Wildman–Crippen LogP) is 4.79. The molecular formula is C21H19F3N2O4S. The molecule has 1 unspecified atom stereocenters. The number of anilines is 2. The summed E-state index contributed by atoms with van der Waals surface area (Å²) >= 11 is 1.13. The summed E-state index contributed by atoms with van der Waals surface area (Å²) in [4.78, 5) is 35.4. The van der Waals surface area contributed by atoms with Crippen LogP contribution in [0.5, 0.6) is 0 Å². The number of carboxylic acids is 1. The monoisotopic (exact) mass is 452 g/mol. The molecule has 0 aliphatic carbocycles. The van der Waals surface area contributed by atoms with Crippen molar-refractivity contribution in [1.29, 1.82) is 0 Å². The minimum atomic E-state index is -4.60. The molecule has 6 nitrogen and oxygen atoms in total. The Balaban J connectivity index is 2.10. The number of halogens is 3. The zero-order chi connectivity index (χ0) is 23.0. The highest BCUT2D eigenvalue weighted by Crippen LogP contribution is 2.35. The Kier molecular flexibility index (Phi) is 8.26. The van der Waals surface area contributed by atoms with Gasteiger partial charge >= 0.3 is 12.1 Å². The van der Waals surface area contributed by atoms with E-state index >= 15 is 0 Å². The molecule has 2 rings (SSSR count). The molecule has 0 fully saturated rings. The number of para-hydroxylation sites is 1. The highest BCUT2D eigenvalue weighted by Gasteiger charge is 2.34. The molecule has 0 spiro atoms. The van der Waals surface area contributed by atoms with Crippen LogP contribution in [0.3, 0.4) is 0 Å². The fraction of sp³-hybridized carbons (Fsp3) is 0.190. The van der Waals surface area contributed by atoms with Gasteiger partial charge in [-0.05, 0) is 36.8 Å². The second-order valence-electron chi connectivity index (χ2n) is 6.24. The van der Waals surface area contributed by atoms with E-state index in [0.29, 0.717) is 23.1 Å². The normalized spacial score (nSPS) is 12.4. The number of amides is 2. The first kappa shape index (κ1) is 24.0. The molecule has 1 atom stereocenters. The third-order valence-corrected chi connectivity index (χ3v) is 5.27. The second kappa shape index (κ2) is 10.7. The number of carbonyl (C=O) groups is 3. The van der Waals surface area contributed by atoms with Crippen LogP contribution in [0, 0.1) is 0 Å². The van der Waals surface area contributed by atoms with E-state index in [-0.39, 0.29) is 5.69 Å². The van der Waals surface area contributed by atoms with Crippen molar-refractivity contribution in [2.75, 3.05) is 10.6 Å². The molecular weight excluding hydrogens is 433 g/mol. The van der Waals surface area contributed by atoms with Gasteiger partial charge in [0.1, 0.15) is 0 Å². The van der Waals surface area contributed by atoms with E-state index in [0.717, 1.165) is 23.9 Å². The van der Waals surface area contributed by atoms with Crippen LogP contribution in [0.4, 0.5) is 24.5 Å². The Hall–Kier alpha value is -3.27. The number of nitrogens with one attached hydrogen (secondary N) is 2. The summed E-state index contributed by atoms with van der Waals surface area (Å²) in [5.74, 6) is -2.48. The third kappa shape index (κ3) is 7.49. The lowest BCUT2D eigenvalue weighted by Gasteiger charge is -2.18. The van der Waals surface area contributed by atoms with E-state index in [4.69, 9.17) is 5.11 Å². The van der Waals surface area contributed by atoms with Gasteiger partial charge in [0.2, 0.25) is 11.8 Å². The lowest BCUT2D eigenvalue weighted by atomic mass is 10.1. The van der Waals surface area contributed by atoms with Crippen LogP contribution in [0.15, 0.2) is 65.6 Å². The molecule has 0 aliphatic heterocycles. The van der Waals surface area contributed by atoms with Crippen LogP contribution in [-0.4, -0.2) is 28.1 Å². The van der Waals surface area contributed by atoms with Crippen molar-refractivity contribution in [3.8, 4) is 0 Å². The minimum absolute atomic E-state index is 0.315. The van der Waals surface area contributed by atoms with E-state index in [1.807, 2.05) is 0 Å². The Morgan fingerprint density at radius 2 is 1.77 bits per heavy atom. The molecule has 0 bridgehead atoms. The van der Waals surface area contributed by atoms with Crippen LogP contribution in [0.1, 0.15) is 18.9 Å². The molecule has 3 N–H and O–H groups in total. The van der Waals surface area contributed by atoms with Crippen molar-refractivity contribution in [1.82, 2.24) is 0 Å². The van der Waals surface area contributed by atoms with Crippen LogP contribution in [0.25, 0.3) is 0 Å². The summed E-state index contributed by atoms with van der Waals surface area (Å²) in [6.07, 6.45) is -2.68. The van der Waals surface area contributed by atoms with Crippen molar-refractivity contribution in [2.24, 2.45) is 0 Å². The topological polar surface area (TPSA) is 95.5 Å². The van der Waals surface area contributed by atoms with Crippen molar-refractivity contribution in [3.05, 3.63) is 66.2 Å². The number of carboxylic acid groups (broad SMARTS) is 1. The highest BCUT2D eigenvalue weighted by molar-refractivity contribution is 8.00. The standard InChI is InChI=1S/C21H19F3N2O4S/c1-2-17(20(30)26-16-9-4-3-8-15(16)21(22,23)24)31-14-7-5-6-13(12-14)25-18(27)10-11-19(28)29/h3-12,17H,2H2,1H3,(H,25,27)(H,26,30)(H,28,29)/b11-10+. The van der Waals surface area contributed by atoms with Crippen LogP contribution < -0.4 is 10.6 Å². The molecule has 2 aromatic rings. The number of aliphatic carboxylic acids is 1. The van der Waals surface area contributed by atoms with Gasteiger partial charge in [-0.25, -0.2) is 4.79 Å². The first-order valence-electron chi connectivity index (χ1n) is 9.06. The minimum Gasteiger partial charge on any atom is -0.478 e. The maximum Gasteiger partial charge on any atom is 0.418 e. The van der Waals surface area contributed by atoms with Gasteiger partial charge in [-0.15, -0.1) is 11.8 Å². The predicted molar refractivity (Wildman–Crippen MR) is 112 cm³/mol. The molecule has 10 heteroatoms. The number of thioether (sulfide) groups is 1. The molecule has 0 radical (unpaired) electrons. The Bertz CT molecular complexity index is 993. The Morgan fingerprint density at radius 3 is 2.42 bits per heavy atom. The van der Waals surface area contributed by atoms with E-state index in [9.17, 15) is 27.6 Å². The van der Waals surface area contributed by atoms with E-state index in [2.05, 4.69) is 10.6 Å². The first-order valence-corrected chi connectivity index (χ1v) is 9.94. The van der Waals surface area contributed by atoms with Crippen molar-refractivity contribution >= 4 is 40.9 Å². The third-order valence-electron chi connectivity index (χ3n) is 3.91. The van der Waals surface area contributed by atoms with E-state index < -0.39 is 34.8 Å². The average Bonchev–Trinajstić information content (AvgIpc) is 2.70. The molecule has 164 valence electrons. The number of hydrogen-bond acceptors (Lipinski definition) is 4. The first-order chi connectivity index (χ1) is 14.6. The zero-order valence-electron chi connectivity index (χ0n) is 16.3. The molecule has 0 heterocycles. The number of rotatable bonds is 8. The average molecular weight is 452 g/mol. The molecule has 0 saturated heterocycles. The van der Waals surface area contributed by atoms with Crippen LogP contribution in [0.2, 0.25) is 0 Å². The van der Waals surface area contributed by atoms with Gasteiger partial charge in [-0.1, -0.05) is 25.1 Å².